The first-order valence-electron chi connectivity index (χ1n) is 4.72. The molecule has 2 unspecified atom stereocenters. The van der Waals surface area contributed by atoms with Gasteiger partial charge >= 0.3 is 0 Å². The van der Waals surface area contributed by atoms with E-state index in [1.54, 1.807) is 0 Å². The normalized spacial score (nSPS) is 42.8. The first-order valence-corrected chi connectivity index (χ1v) is 4.72. The van der Waals surface area contributed by atoms with Crippen LogP contribution in [0.4, 0.5) is 0 Å². The van der Waals surface area contributed by atoms with Crippen LogP contribution >= 0.6 is 0 Å². The van der Waals surface area contributed by atoms with Gasteiger partial charge in [0.15, 0.2) is 0 Å². The van der Waals surface area contributed by atoms with Crippen LogP contribution in [-0.4, -0.2) is 25.3 Å². The maximum Gasteiger partial charge on any atom is 0.0968 e. The molecule has 2 saturated heterocycles. The topological polar surface area (TPSA) is 24.6 Å². The van der Waals surface area contributed by atoms with Gasteiger partial charge in [-0.1, -0.05) is 13.3 Å². The van der Waals surface area contributed by atoms with E-state index in [9.17, 15) is 0 Å². The predicted molar refractivity (Wildman–Crippen MR) is 44.6 cm³/mol. The molecule has 1 N–H and O–H groups in total. The summed E-state index contributed by atoms with van der Waals surface area (Å²) in [4.78, 5) is 0. The van der Waals surface area contributed by atoms with E-state index < -0.39 is 0 Å². The molecule has 0 amide bonds. The second-order valence-electron chi connectivity index (χ2n) is 3.79. The average molecular weight is 155 g/mol. The van der Waals surface area contributed by atoms with Crippen molar-refractivity contribution in [2.45, 2.75) is 31.8 Å². The molecule has 2 atom stereocenters. The van der Waals surface area contributed by atoms with Crippen LogP contribution in [0.15, 0.2) is 0 Å². The van der Waals surface area contributed by atoms with E-state index in [0.29, 0.717) is 5.60 Å². The summed E-state index contributed by atoms with van der Waals surface area (Å²) in [6, 6.07) is 0. The minimum Gasteiger partial charge on any atom is -0.369 e. The van der Waals surface area contributed by atoms with E-state index >= 15 is 0 Å². The van der Waals surface area contributed by atoms with E-state index in [1.165, 1.54) is 25.8 Å². The Labute approximate surface area is 68.3 Å². The van der Waals surface area contributed by atoms with Gasteiger partial charge in [-0.15, -0.1) is 0 Å². The van der Waals surface area contributed by atoms with Crippen molar-refractivity contribution in [2.24, 2.45) is 5.92 Å². The molecule has 0 aromatic carbocycles. The van der Waals surface area contributed by atoms with Gasteiger partial charge in [0.2, 0.25) is 0 Å². The number of nitrogens with one attached hydrogen (secondary N) is 1. The highest BCUT2D eigenvalue weighted by Crippen LogP contribution is 2.42. The third-order valence-corrected chi connectivity index (χ3v) is 3.01. The summed E-state index contributed by atoms with van der Waals surface area (Å²) in [7, 11) is 0. The summed E-state index contributed by atoms with van der Waals surface area (Å²) in [6.07, 6.45) is 3.85. The second kappa shape index (κ2) is 2.76. The Morgan fingerprint density at radius 3 is 3.09 bits per heavy atom. The minimum absolute atomic E-state index is 0.335. The van der Waals surface area contributed by atoms with Crippen molar-refractivity contribution in [3.8, 4) is 0 Å². The van der Waals surface area contributed by atoms with Crippen molar-refractivity contribution < 1.29 is 4.74 Å². The van der Waals surface area contributed by atoms with Crippen molar-refractivity contribution in [3.05, 3.63) is 0 Å². The summed E-state index contributed by atoms with van der Waals surface area (Å²) in [5.74, 6) is 0.793. The van der Waals surface area contributed by atoms with E-state index in [4.69, 9.17) is 4.74 Å². The maximum absolute atomic E-state index is 5.56. The van der Waals surface area contributed by atoms with Gasteiger partial charge < -0.3 is 10.1 Å². The molecule has 0 radical (unpaired) electrons. The molecule has 1 spiro atoms. The SMILES string of the molecule is CCCC1CNCCC12CO2. The summed E-state index contributed by atoms with van der Waals surface area (Å²) in [5, 5.41) is 3.44. The summed E-state index contributed by atoms with van der Waals surface area (Å²) in [5.41, 5.74) is 0.335. The lowest BCUT2D eigenvalue weighted by atomic mass is 9.84. The van der Waals surface area contributed by atoms with Crippen LogP contribution in [-0.2, 0) is 4.74 Å². The lowest BCUT2D eigenvalue weighted by Crippen LogP contribution is -2.42. The highest BCUT2D eigenvalue weighted by atomic mass is 16.6. The molecule has 11 heavy (non-hydrogen) atoms. The molecule has 0 bridgehead atoms. The molecular weight excluding hydrogens is 138 g/mol. The Hall–Kier alpha value is -0.0800. The number of hydrogen-bond donors (Lipinski definition) is 1. The van der Waals surface area contributed by atoms with Crippen LogP contribution in [0.1, 0.15) is 26.2 Å². The van der Waals surface area contributed by atoms with Crippen LogP contribution < -0.4 is 5.32 Å². The highest BCUT2D eigenvalue weighted by Gasteiger charge is 2.51. The molecule has 2 nitrogen and oxygen atoms in total. The Kier molecular flexibility index (Phi) is 1.90. The molecule has 0 saturated carbocycles. The number of hydrogen-bond acceptors (Lipinski definition) is 2. The quantitative estimate of drug-likeness (QED) is 0.605. The Morgan fingerprint density at radius 1 is 1.64 bits per heavy atom. The minimum atomic E-state index is 0.335. The third-order valence-electron chi connectivity index (χ3n) is 3.01. The molecule has 0 aromatic rings. The van der Waals surface area contributed by atoms with Crippen LogP contribution in [0.2, 0.25) is 0 Å². The number of piperidine rings is 1. The number of rotatable bonds is 2. The smallest absolute Gasteiger partial charge is 0.0968 e. The lowest BCUT2D eigenvalue weighted by Gasteiger charge is -2.29. The molecular formula is C9H17NO. The zero-order chi connectivity index (χ0) is 7.73. The standard InChI is InChI=1S/C9H17NO/c1-2-3-8-6-10-5-4-9(8)7-11-9/h8,10H,2-7H2,1H3. The van der Waals surface area contributed by atoms with Crippen molar-refractivity contribution in [1.82, 2.24) is 5.32 Å². The van der Waals surface area contributed by atoms with Gasteiger partial charge in [0.1, 0.15) is 0 Å². The Morgan fingerprint density at radius 2 is 2.45 bits per heavy atom. The predicted octanol–water partition coefficient (Wildman–Crippen LogP) is 1.16. The van der Waals surface area contributed by atoms with Crippen LogP contribution in [0.3, 0.4) is 0 Å². The average Bonchev–Trinajstić information content (AvgIpc) is 2.77. The van der Waals surface area contributed by atoms with E-state index in [0.717, 1.165) is 19.1 Å². The summed E-state index contributed by atoms with van der Waals surface area (Å²) < 4.78 is 5.56. The number of ether oxygens (including phenoxy) is 1. The first kappa shape index (κ1) is 7.56. The lowest BCUT2D eigenvalue weighted by molar-refractivity contribution is 0.162. The zero-order valence-electron chi connectivity index (χ0n) is 7.23. The molecule has 2 heteroatoms. The monoisotopic (exact) mass is 155 g/mol. The van der Waals surface area contributed by atoms with Crippen LogP contribution in [0.25, 0.3) is 0 Å². The van der Waals surface area contributed by atoms with Gasteiger partial charge in [0.05, 0.1) is 12.2 Å². The van der Waals surface area contributed by atoms with Gasteiger partial charge in [-0.05, 0) is 19.4 Å². The van der Waals surface area contributed by atoms with Crippen molar-refractivity contribution in [3.63, 3.8) is 0 Å². The largest absolute Gasteiger partial charge is 0.369 e. The van der Waals surface area contributed by atoms with Crippen molar-refractivity contribution in [2.75, 3.05) is 19.7 Å². The van der Waals surface area contributed by atoms with Gasteiger partial charge in [-0.3, -0.25) is 0 Å². The van der Waals surface area contributed by atoms with E-state index in [-0.39, 0.29) is 0 Å². The molecule has 2 aliphatic heterocycles. The fourth-order valence-corrected chi connectivity index (χ4v) is 2.15. The molecule has 0 aromatic heterocycles. The Bertz CT molecular complexity index is 140. The zero-order valence-corrected chi connectivity index (χ0v) is 7.23. The summed E-state index contributed by atoms with van der Waals surface area (Å²) >= 11 is 0. The van der Waals surface area contributed by atoms with E-state index in [1.807, 2.05) is 0 Å². The molecule has 2 aliphatic rings. The molecule has 2 fully saturated rings. The molecule has 0 aliphatic carbocycles. The van der Waals surface area contributed by atoms with E-state index in [2.05, 4.69) is 12.2 Å². The van der Waals surface area contributed by atoms with Gasteiger partial charge in [0.25, 0.3) is 0 Å². The highest BCUT2D eigenvalue weighted by molar-refractivity contribution is 5.01. The summed E-state index contributed by atoms with van der Waals surface area (Å²) in [6.45, 7) is 5.61. The van der Waals surface area contributed by atoms with Gasteiger partial charge in [0, 0.05) is 12.5 Å². The molecule has 64 valence electrons. The number of epoxide rings is 1. The third kappa shape index (κ3) is 1.30. The van der Waals surface area contributed by atoms with Gasteiger partial charge in [-0.2, -0.15) is 0 Å². The van der Waals surface area contributed by atoms with Gasteiger partial charge in [-0.25, -0.2) is 0 Å². The second-order valence-corrected chi connectivity index (χ2v) is 3.79. The van der Waals surface area contributed by atoms with Crippen LogP contribution in [0, 0.1) is 5.92 Å². The maximum atomic E-state index is 5.56. The van der Waals surface area contributed by atoms with Crippen molar-refractivity contribution >= 4 is 0 Å². The Balaban J connectivity index is 1.93. The fraction of sp³-hybridized carbons (Fsp3) is 1.00. The van der Waals surface area contributed by atoms with Crippen LogP contribution in [0.5, 0.6) is 0 Å². The van der Waals surface area contributed by atoms with Crippen molar-refractivity contribution in [1.29, 1.82) is 0 Å². The molecule has 2 rings (SSSR count). The first-order chi connectivity index (χ1) is 5.37. The molecule has 2 heterocycles. The fourth-order valence-electron chi connectivity index (χ4n) is 2.15.